The number of benzene rings is 1. The van der Waals surface area contributed by atoms with E-state index in [4.69, 9.17) is 11.6 Å². The fourth-order valence-electron chi connectivity index (χ4n) is 9.04. The van der Waals surface area contributed by atoms with Crippen LogP contribution in [0, 0.1) is 52.2 Å². The maximum Gasteiger partial charge on any atom is 0.268 e. The van der Waals surface area contributed by atoms with Crippen LogP contribution in [0.1, 0.15) is 83.4 Å². The van der Waals surface area contributed by atoms with Crippen LogP contribution in [0.25, 0.3) is 11.0 Å². The molecule has 4 nitrogen and oxygen atoms in total. The smallest absolute Gasteiger partial charge is 0.268 e. The van der Waals surface area contributed by atoms with Crippen molar-refractivity contribution < 1.29 is 9.18 Å². The van der Waals surface area contributed by atoms with Crippen LogP contribution in [0.2, 0.25) is 5.02 Å². The van der Waals surface area contributed by atoms with Crippen molar-refractivity contribution in [3.8, 4) is 0 Å². The monoisotopic (exact) mass is 471 g/mol. The number of halogens is 2. The SMILES string of the molecule is C[C@H]1CC[C@@]2(C)C(CC[C@@H]3C2CC[C@@]2(C)C3CC[C@@H]2C(=O)n2nc3ccc(Cl)c(F)c3n2)C1. The normalized spacial score (nSPS) is 42.6. The summed E-state index contributed by atoms with van der Waals surface area (Å²) in [5.74, 6) is 3.12. The second-order valence-electron chi connectivity index (χ2n) is 12.3. The molecule has 6 rings (SSSR count). The fraction of sp³-hybridized carbons (Fsp3) is 0.741. The molecule has 4 saturated carbocycles. The molecule has 33 heavy (non-hydrogen) atoms. The molecule has 4 aliphatic carbocycles. The summed E-state index contributed by atoms with van der Waals surface area (Å²) in [6.45, 7) is 7.38. The predicted molar refractivity (Wildman–Crippen MR) is 128 cm³/mol. The second-order valence-corrected chi connectivity index (χ2v) is 12.7. The maximum absolute atomic E-state index is 14.4. The largest absolute Gasteiger partial charge is 0.271 e. The molecule has 4 fully saturated rings. The van der Waals surface area contributed by atoms with Gasteiger partial charge in [-0.05, 0) is 104 Å². The van der Waals surface area contributed by atoms with Gasteiger partial charge in [-0.3, -0.25) is 4.79 Å². The van der Waals surface area contributed by atoms with Gasteiger partial charge in [0.15, 0.2) is 11.3 Å². The number of rotatable bonds is 1. The van der Waals surface area contributed by atoms with E-state index >= 15 is 0 Å². The summed E-state index contributed by atoms with van der Waals surface area (Å²) in [7, 11) is 0. The number of nitrogens with zero attached hydrogens (tertiary/aromatic N) is 3. The van der Waals surface area contributed by atoms with Crippen molar-refractivity contribution >= 4 is 28.5 Å². The van der Waals surface area contributed by atoms with E-state index in [-0.39, 0.29) is 27.8 Å². The first kappa shape index (κ1) is 22.0. The lowest BCUT2D eigenvalue weighted by Gasteiger charge is -2.61. The lowest BCUT2D eigenvalue weighted by atomic mass is 9.44. The number of hydrogen-bond acceptors (Lipinski definition) is 3. The Labute approximate surface area is 200 Å². The van der Waals surface area contributed by atoms with Crippen molar-refractivity contribution in [2.45, 2.75) is 78.6 Å². The van der Waals surface area contributed by atoms with Crippen LogP contribution in [-0.4, -0.2) is 20.9 Å². The Kier molecular flexibility index (Phi) is 5.00. The molecule has 0 aliphatic heterocycles. The summed E-state index contributed by atoms with van der Waals surface area (Å²) < 4.78 is 14.4. The zero-order valence-corrected chi connectivity index (χ0v) is 20.7. The van der Waals surface area contributed by atoms with Gasteiger partial charge in [-0.15, -0.1) is 15.0 Å². The third kappa shape index (κ3) is 3.10. The Morgan fingerprint density at radius 1 is 1.03 bits per heavy atom. The Bertz CT molecular complexity index is 1120. The van der Waals surface area contributed by atoms with Gasteiger partial charge in [0.2, 0.25) is 0 Å². The molecule has 3 unspecified atom stereocenters. The van der Waals surface area contributed by atoms with Gasteiger partial charge in [-0.2, -0.15) is 0 Å². The molecule has 0 saturated heterocycles. The summed E-state index contributed by atoms with van der Waals surface area (Å²) in [6.07, 6.45) is 11.2. The van der Waals surface area contributed by atoms with Gasteiger partial charge in [0.25, 0.3) is 5.91 Å². The Morgan fingerprint density at radius 3 is 2.61 bits per heavy atom. The molecule has 1 aromatic carbocycles. The molecule has 0 bridgehead atoms. The van der Waals surface area contributed by atoms with Crippen molar-refractivity contribution in [3.05, 3.63) is 23.0 Å². The highest BCUT2D eigenvalue weighted by atomic mass is 35.5. The van der Waals surface area contributed by atoms with Crippen molar-refractivity contribution in [2.75, 3.05) is 0 Å². The van der Waals surface area contributed by atoms with Crippen molar-refractivity contribution in [2.24, 2.45) is 46.3 Å². The Hall–Kier alpha value is -1.49. The number of carbonyl (C=O) groups is 1. The summed E-state index contributed by atoms with van der Waals surface area (Å²) >= 11 is 5.91. The standard InChI is InChI=1S/C27H35ClFN3O/c1-15-10-12-26(2)16(14-15)4-5-17-18-6-7-20(27(18,3)13-11-19(17)26)25(33)32-30-22-9-8-21(28)23(29)24(22)31-32/h8-9,15-20H,4-7,10-14H2,1-3H3/t15-,16?,17-,18?,19?,20+,26-,27-/m0/s1. The maximum atomic E-state index is 14.4. The molecular formula is C27H35ClFN3O. The number of fused-ring (bicyclic) bond motifs is 6. The highest BCUT2D eigenvalue weighted by molar-refractivity contribution is 6.31. The Morgan fingerprint density at radius 2 is 1.79 bits per heavy atom. The molecule has 178 valence electrons. The van der Waals surface area contributed by atoms with Crippen LogP contribution >= 0.6 is 11.6 Å². The molecule has 0 radical (unpaired) electrons. The molecule has 1 heterocycles. The number of hydrogen-bond donors (Lipinski definition) is 0. The van der Waals surface area contributed by atoms with E-state index in [1.165, 1.54) is 44.6 Å². The van der Waals surface area contributed by atoms with Gasteiger partial charge in [0.1, 0.15) is 5.52 Å². The Balaban J connectivity index is 1.28. The lowest BCUT2D eigenvalue weighted by molar-refractivity contribution is -0.114. The molecule has 6 heteroatoms. The average molecular weight is 472 g/mol. The van der Waals surface area contributed by atoms with Crippen LogP contribution in [0.4, 0.5) is 4.39 Å². The lowest BCUT2D eigenvalue weighted by Crippen LogP contribution is -2.54. The molecule has 0 amide bonds. The third-order valence-electron chi connectivity index (χ3n) is 10.9. The predicted octanol–water partition coefficient (Wildman–Crippen LogP) is 7.16. The minimum absolute atomic E-state index is 0.00872. The van der Waals surface area contributed by atoms with E-state index in [2.05, 4.69) is 31.0 Å². The summed E-state index contributed by atoms with van der Waals surface area (Å²) in [6, 6.07) is 3.10. The second kappa shape index (κ2) is 7.50. The van der Waals surface area contributed by atoms with Crippen molar-refractivity contribution in [1.82, 2.24) is 15.0 Å². The first-order valence-corrected chi connectivity index (χ1v) is 13.4. The van der Waals surface area contributed by atoms with E-state index in [1.807, 2.05) is 0 Å². The van der Waals surface area contributed by atoms with E-state index in [9.17, 15) is 9.18 Å². The van der Waals surface area contributed by atoms with Gasteiger partial charge >= 0.3 is 0 Å². The van der Waals surface area contributed by atoms with Crippen molar-refractivity contribution in [3.63, 3.8) is 0 Å². The van der Waals surface area contributed by atoms with E-state index in [0.29, 0.717) is 16.8 Å². The minimum atomic E-state index is -0.601. The van der Waals surface area contributed by atoms with E-state index in [0.717, 1.165) is 47.7 Å². The number of carbonyl (C=O) groups excluding carboxylic acids is 1. The van der Waals surface area contributed by atoms with E-state index in [1.54, 1.807) is 6.07 Å². The zero-order valence-electron chi connectivity index (χ0n) is 20.0. The minimum Gasteiger partial charge on any atom is -0.271 e. The quantitative estimate of drug-likeness (QED) is 0.443. The number of aromatic nitrogens is 3. The van der Waals surface area contributed by atoms with Crippen LogP contribution in [0.5, 0.6) is 0 Å². The topological polar surface area (TPSA) is 47.8 Å². The molecule has 0 N–H and O–H groups in total. The average Bonchev–Trinajstić information content (AvgIpc) is 3.38. The third-order valence-corrected chi connectivity index (χ3v) is 11.2. The van der Waals surface area contributed by atoms with Crippen LogP contribution in [0.15, 0.2) is 12.1 Å². The molecule has 2 aromatic rings. The molecule has 8 atom stereocenters. The van der Waals surface area contributed by atoms with Gasteiger partial charge < -0.3 is 0 Å². The van der Waals surface area contributed by atoms with Crippen molar-refractivity contribution in [1.29, 1.82) is 0 Å². The highest BCUT2D eigenvalue weighted by Gasteiger charge is 2.61. The fourth-order valence-corrected chi connectivity index (χ4v) is 9.19. The zero-order chi connectivity index (χ0) is 23.1. The van der Waals surface area contributed by atoms with Gasteiger partial charge in [0, 0.05) is 5.92 Å². The highest BCUT2D eigenvalue weighted by Crippen LogP contribution is 2.67. The van der Waals surface area contributed by atoms with Gasteiger partial charge in [-0.25, -0.2) is 4.39 Å². The first-order valence-electron chi connectivity index (χ1n) is 13.0. The van der Waals surface area contributed by atoms with E-state index < -0.39 is 5.82 Å². The summed E-state index contributed by atoms with van der Waals surface area (Å²) in [4.78, 5) is 14.8. The van der Waals surface area contributed by atoms with Crippen LogP contribution < -0.4 is 0 Å². The summed E-state index contributed by atoms with van der Waals surface area (Å²) in [5, 5.41) is 8.58. The van der Waals surface area contributed by atoms with Crippen LogP contribution in [0.3, 0.4) is 0 Å². The van der Waals surface area contributed by atoms with Gasteiger partial charge in [-0.1, -0.05) is 38.8 Å². The molecular weight excluding hydrogens is 437 g/mol. The van der Waals surface area contributed by atoms with Crippen LogP contribution in [-0.2, 0) is 0 Å². The van der Waals surface area contributed by atoms with Gasteiger partial charge in [0.05, 0.1) is 5.02 Å². The molecule has 0 spiro atoms. The molecule has 1 aromatic heterocycles. The first-order chi connectivity index (χ1) is 15.7. The summed E-state index contributed by atoms with van der Waals surface area (Å²) in [5.41, 5.74) is 0.930. The molecule has 4 aliphatic rings.